The number of rotatable bonds is 1. The maximum absolute atomic E-state index is 11.8. The molecule has 4 nitrogen and oxygen atoms in total. The number of cyclic esters (lactones) is 1. The maximum Gasteiger partial charge on any atom is 0.325 e. The minimum atomic E-state index is -0.305. The van der Waals surface area contributed by atoms with Crippen LogP contribution in [0.4, 0.5) is 0 Å². The van der Waals surface area contributed by atoms with Crippen LogP contribution in [0, 0.1) is 0 Å². The molecule has 3 rings (SSSR count). The largest absolute Gasteiger partial charge is 0.462 e. The molecular formula is C14H17NO3. The van der Waals surface area contributed by atoms with E-state index in [2.05, 4.69) is 0 Å². The highest BCUT2D eigenvalue weighted by molar-refractivity contribution is 5.77. The Kier molecular flexibility index (Phi) is 2.64. The van der Waals surface area contributed by atoms with Crippen LogP contribution < -0.4 is 0 Å². The highest BCUT2D eigenvalue weighted by atomic mass is 16.7. The van der Waals surface area contributed by atoms with Gasteiger partial charge in [0.05, 0.1) is 11.6 Å². The normalized spacial score (nSPS) is 30.9. The Balaban J connectivity index is 1.91. The fourth-order valence-electron chi connectivity index (χ4n) is 2.66. The second-order valence-corrected chi connectivity index (χ2v) is 5.49. The van der Waals surface area contributed by atoms with Crippen molar-refractivity contribution in [2.45, 2.75) is 38.0 Å². The van der Waals surface area contributed by atoms with Crippen molar-refractivity contribution in [1.29, 1.82) is 0 Å². The summed E-state index contributed by atoms with van der Waals surface area (Å²) in [6.07, 6.45) is 0.676. The summed E-state index contributed by atoms with van der Waals surface area (Å²) in [5, 5.41) is 1.82. The first-order valence-electron chi connectivity index (χ1n) is 6.26. The molecule has 0 bridgehead atoms. The van der Waals surface area contributed by atoms with E-state index in [1.165, 1.54) is 0 Å². The fourth-order valence-corrected chi connectivity index (χ4v) is 2.66. The van der Waals surface area contributed by atoms with Gasteiger partial charge in [-0.1, -0.05) is 30.3 Å². The van der Waals surface area contributed by atoms with E-state index in [1.54, 1.807) is 0 Å². The molecule has 0 amide bonds. The second-order valence-electron chi connectivity index (χ2n) is 5.49. The summed E-state index contributed by atoms with van der Waals surface area (Å²) in [7, 11) is 0. The predicted molar refractivity (Wildman–Crippen MR) is 65.6 cm³/mol. The highest BCUT2D eigenvalue weighted by Crippen LogP contribution is 2.39. The highest BCUT2D eigenvalue weighted by Gasteiger charge is 2.50. The number of hydroxylamine groups is 2. The lowest BCUT2D eigenvalue weighted by molar-refractivity contribution is -0.244. The molecule has 1 aromatic rings. The second kappa shape index (κ2) is 4.07. The molecule has 0 N–H and O–H groups in total. The van der Waals surface area contributed by atoms with Crippen LogP contribution in [0.5, 0.6) is 0 Å². The van der Waals surface area contributed by atoms with Gasteiger partial charge in [-0.05, 0) is 19.4 Å². The van der Waals surface area contributed by atoms with Crippen LogP contribution in [-0.2, 0) is 14.4 Å². The van der Waals surface area contributed by atoms with Crippen LogP contribution in [0.2, 0.25) is 0 Å². The number of nitrogens with zero attached hydrogens (tertiary/aromatic N) is 1. The molecule has 0 spiro atoms. The number of carbonyl (C=O) groups excluding carboxylic acids is 1. The number of esters is 1. The molecule has 0 saturated carbocycles. The summed E-state index contributed by atoms with van der Waals surface area (Å²) in [6, 6.07) is 9.74. The van der Waals surface area contributed by atoms with Crippen LogP contribution in [0.15, 0.2) is 30.3 Å². The fraction of sp³-hybridized carbons (Fsp3) is 0.500. The number of morpholine rings is 1. The van der Waals surface area contributed by atoms with E-state index in [0.29, 0.717) is 13.0 Å². The summed E-state index contributed by atoms with van der Waals surface area (Å²) in [5.41, 5.74) is 0.814. The first-order valence-corrected chi connectivity index (χ1v) is 6.26. The summed E-state index contributed by atoms with van der Waals surface area (Å²) < 4.78 is 5.29. The van der Waals surface area contributed by atoms with E-state index >= 15 is 0 Å². The Bertz CT molecular complexity index is 457. The number of ether oxygens (including phenoxy) is 1. The molecule has 0 aliphatic carbocycles. The van der Waals surface area contributed by atoms with Gasteiger partial charge in [0.2, 0.25) is 0 Å². The van der Waals surface area contributed by atoms with Gasteiger partial charge in [0.1, 0.15) is 12.6 Å². The molecule has 2 saturated heterocycles. The number of benzene rings is 1. The average Bonchev–Trinajstić information content (AvgIpc) is 2.67. The van der Waals surface area contributed by atoms with Crippen molar-refractivity contribution in [3.8, 4) is 0 Å². The van der Waals surface area contributed by atoms with Crippen molar-refractivity contribution in [1.82, 2.24) is 5.06 Å². The predicted octanol–water partition coefficient (Wildman–Crippen LogP) is 2.07. The van der Waals surface area contributed by atoms with Gasteiger partial charge < -0.3 is 4.74 Å². The maximum atomic E-state index is 11.8. The Morgan fingerprint density at radius 3 is 2.67 bits per heavy atom. The number of fused-ring (bicyclic) bond motifs is 1. The summed E-state index contributed by atoms with van der Waals surface area (Å²) >= 11 is 0. The molecule has 0 unspecified atom stereocenters. The van der Waals surface area contributed by atoms with Gasteiger partial charge in [-0.25, -0.2) is 0 Å². The van der Waals surface area contributed by atoms with Crippen LogP contribution in [-0.4, -0.2) is 29.3 Å². The molecule has 1 aromatic carbocycles. The van der Waals surface area contributed by atoms with Gasteiger partial charge in [0.25, 0.3) is 0 Å². The zero-order chi connectivity index (χ0) is 12.8. The van der Waals surface area contributed by atoms with Crippen LogP contribution in [0.3, 0.4) is 0 Å². The number of hydrogen-bond donors (Lipinski definition) is 0. The van der Waals surface area contributed by atoms with E-state index in [9.17, 15) is 4.79 Å². The molecule has 2 aliphatic rings. The minimum Gasteiger partial charge on any atom is -0.462 e. The number of hydrogen-bond acceptors (Lipinski definition) is 4. The molecule has 2 heterocycles. The molecule has 2 fully saturated rings. The molecule has 18 heavy (non-hydrogen) atoms. The third-order valence-electron chi connectivity index (χ3n) is 3.49. The van der Waals surface area contributed by atoms with Gasteiger partial charge in [-0.3, -0.25) is 9.63 Å². The quantitative estimate of drug-likeness (QED) is 0.712. The Labute approximate surface area is 106 Å². The standard InChI is InChI=1S/C14H17NO3/c1-14(2)8-11-13(16)17-9-12(15(11)18-14)10-6-4-3-5-7-10/h3-7,11-12H,8-9H2,1-2H3/t11-,12+/m1/s1. The van der Waals surface area contributed by atoms with E-state index < -0.39 is 0 Å². The van der Waals surface area contributed by atoms with Crippen molar-refractivity contribution in [3.05, 3.63) is 35.9 Å². The first kappa shape index (κ1) is 11.7. The lowest BCUT2D eigenvalue weighted by Gasteiger charge is -2.35. The van der Waals surface area contributed by atoms with Crippen LogP contribution >= 0.6 is 0 Å². The zero-order valence-corrected chi connectivity index (χ0v) is 10.6. The SMILES string of the molecule is CC1(C)C[C@@H]2C(=O)OC[C@@H](c3ccccc3)N2O1. The van der Waals surface area contributed by atoms with E-state index in [4.69, 9.17) is 9.57 Å². The van der Waals surface area contributed by atoms with E-state index in [-0.39, 0.29) is 23.7 Å². The molecule has 2 aliphatic heterocycles. The lowest BCUT2D eigenvalue weighted by atomic mass is 9.98. The van der Waals surface area contributed by atoms with E-state index in [1.807, 2.05) is 49.2 Å². The number of carbonyl (C=O) groups is 1. The third kappa shape index (κ3) is 1.91. The average molecular weight is 247 g/mol. The molecular weight excluding hydrogens is 230 g/mol. The van der Waals surface area contributed by atoms with Gasteiger partial charge in [0, 0.05) is 6.42 Å². The first-order chi connectivity index (χ1) is 8.57. The zero-order valence-electron chi connectivity index (χ0n) is 10.6. The van der Waals surface area contributed by atoms with Crippen LogP contribution in [0.25, 0.3) is 0 Å². The monoisotopic (exact) mass is 247 g/mol. The van der Waals surface area contributed by atoms with Crippen molar-refractivity contribution in [2.24, 2.45) is 0 Å². The smallest absolute Gasteiger partial charge is 0.325 e. The van der Waals surface area contributed by atoms with Crippen LogP contribution in [0.1, 0.15) is 31.9 Å². The Hall–Kier alpha value is -1.39. The molecule has 0 aromatic heterocycles. The molecule has 2 atom stereocenters. The van der Waals surface area contributed by atoms with Crippen molar-refractivity contribution >= 4 is 5.97 Å². The summed E-state index contributed by atoms with van der Waals surface area (Å²) in [6.45, 7) is 4.36. The van der Waals surface area contributed by atoms with Gasteiger partial charge in [-0.2, -0.15) is 5.06 Å². The van der Waals surface area contributed by atoms with Crippen molar-refractivity contribution in [3.63, 3.8) is 0 Å². The van der Waals surface area contributed by atoms with Gasteiger partial charge >= 0.3 is 5.97 Å². The van der Waals surface area contributed by atoms with Crippen molar-refractivity contribution in [2.75, 3.05) is 6.61 Å². The minimum absolute atomic E-state index is 0.00400. The van der Waals surface area contributed by atoms with Gasteiger partial charge in [0.15, 0.2) is 0 Å². The third-order valence-corrected chi connectivity index (χ3v) is 3.49. The molecule has 96 valence electrons. The van der Waals surface area contributed by atoms with E-state index in [0.717, 1.165) is 5.56 Å². The summed E-state index contributed by atoms with van der Waals surface area (Å²) in [5.74, 6) is -0.173. The lowest BCUT2D eigenvalue weighted by Crippen LogP contribution is -2.46. The Morgan fingerprint density at radius 1 is 1.22 bits per heavy atom. The van der Waals surface area contributed by atoms with Gasteiger partial charge in [-0.15, -0.1) is 0 Å². The van der Waals surface area contributed by atoms with Crippen molar-refractivity contribution < 1.29 is 14.4 Å². The topological polar surface area (TPSA) is 38.8 Å². The molecule has 4 heteroatoms. The summed E-state index contributed by atoms with van der Waals surface area (Å²) in [4.78, 5) is 17.7. The Morgan fingerprint density at radius 2 is 1.94 bits per heavy atom. The molecule has 0 radical (unpaired) electrons.